The molecule has 0 aromatic heterocycles. The molecule has 0 bridgehead atoms. The van der Waals surface area contributed by atoms with Gasteiger partial charge in [0.15, 0.2) is 11.5 Å². The first-order chi connectivity index (χ1) is 18.1. The second-order valence-corrected chi connectivity index (χ2v) is 11.3. The number of ether oxygens (including phenoxy) is 3. The quantitative estimate of drug-likeness (QED) is 0.207. The number of hydrogen-bond donors (Lipinski definition) is 2. The maximum Gasteiger partial charge on any atom is 0.324 e. The molecule has 1 aromatic rings. The van der Waals surface area contributed by atoms with Crippen LogP contribution in [-0.2, 0) is 30.3 Å². The van der Waals surface area contributed by atoms with E-state index < -0.39 is 35.5 Å². The summed E-state index contributed by atoms with van der Waals surface area (Å²) in [7, 11) is 0. The fourth-order valence-electron chi connectivity index (χ4n) is 3.74. The lowest BCUT2D eigenvalue weighted by Gasteiger charge is -2.29. The van der Waals surface area contributed by atoms with Crippen molar-refractivity contribution in [3.63, 3.8) is 0 Å². The number of carboxylic acids is 1. The van der Waals surface area contributed by atoms with Crippen LogP contribution in [-0.4, -0.2) is 40.6 Å². The SMILES string of the molecule is CCC(C)CC(=O)Oc1ccc(CC(N)(C[C@H](C)OC(=O)C(C)C(C)C)C(=O)O)cc1OC(=O)CC(C)CC. The van der Waals surface area contributed by atoms with Gasteiger partial charge >= 0.3 is 23.9 Å². The lowest BCUT2D eigenvalue weighted by molar-refractivity contribution is -0.157. The van der Waals surface area contributed by atoms with Crippen LogP contribution in [0.1, 0.15) is 93.1 Å². The van der Waals surface area contributed by atoms with E-state index in [2.05, 4.69) is 0 Å². The van der Waals surface area contributed by atoms with E-state index in [0.29, 0.717) is 5.56 Å². The molecule has 1 rings (SSSR count). The van der Waals surface area contributed by atoms with Crippen molar-refractivity contribution < 1.29 is 38.5 Å². The van der Waals surface area contributed by atoms with Gasteiger partial charge in [-0.05, 0) is 42.4 Å². The summed E-state index contributed by atoms with van der Waals surface area (Å²) in [5.74, 6) is -2.56. The normalized spacial score (nSPS) is 15.9. The van der Waals surface area contributed by atoms with Gasteiger partial charge in [-0.3, -0.25) is 19.2 Å². The molecule has 39 heavy (non-hydrogen) atoms. The highest BCUT2D eigenvalue weighted by Gasteiger charge is 2.37. The zero-order valence-corrected chi connectivity index (χ0v) is 24.7. The van der Waals surface area contributed by atoms with E-state index in [0.717, 1.165) is 12.8 Å². The monoisotopic (exact) mass is 549 g/mol. The molecule has 0 fully saturated rings. The van der Waals surface area contributed by atoms with Gasteiger partial charge in [0.1, 0.15) is 11.6 Å². The Morgan fingerprint density at radius 1 is 0.872 bits per heavy atom. The molecular formula is C30H47NO8. The Morgan fingerprint density at radius 3 is 1.85 bits per heavy atom. The molecule has 0 heterocycles. The first kappa shape index (κ1) is 34.1. The van der Waals surface area contributed by atoms with E-state index >= 15 is 0 Å². The van der Waals surface area contributed by atoms with Gasteiger partial charge < -0.3 is 25.1 Å². The number of aliphatic carboxylic acids is 1. The lowest BCUT2D eigenvalue weighted by Crippen LogP contribution is -2.52. The average Bonchev–Trinajstić information content (AvgIpc) is 2.84. The Bertz CT molecular complexity index is 991. The van der Waals surface area contributed by atoms with Gasteiger partial charge in [0.2, 0.25) is 0 Å². The van der Waals surface area contributed by atoms with E-state index in [-0.39, 0.29) is 60.9 Å². The lowest BCUT2D eigenvalue weighted by atomic mass is 9.86. The van der Waals surface area contributed by atoms with Crippen LogP contribution in [0.4, 0.5) is 0 Å². The number of carbonyl (C=O) groups excluding carboxylic acids is 3. The highest BCUT2D eigenvalue weighted by molar-refractivity contribution is 5.80. The third-order valence-electron chi connectivity index (χ3n) is 7.17. The van der Waals surface area contributed by atoms with Crippen LogP contribution in [0.25, 0.3) is 0 Å². The van der Waals surface area contributed by atoms with Gasteiger partial charge in [0.25, 0.3) is 0 Å². The molecule has 0 aliphatic carbocycles. The molecular weight excluding hydrogens is 502 g/mol. The van der Waals surface area contributed by atoms with Gasteiger partial charge in [-0.15, -0.1) is 0 Å². The highest BCUT2D eigenvalue weighted by atomic mass is 16.6. The number of carboxylic acid groups (broad SMARTS) is 1. The van der Waals surface area contributed by atoms with Crippen LogP contribution >= 0.6 is 0 Å². The van der Waals surface area contributed by atoms with Gasteiger partial charge in [0, 0.05) is 25.7 Å². The van der Waals surface area contributed by atoms with E-state index in [4.69, 9.17) is 19.9 Å². The maximum atomic E-state index is 12.6. The summed E-state index contributed by atoms with van der Waals surface area (Å²) in [5, 5.41) is 9.98. The Balaban J connectivity index is 3.21. The predicted octanol–water partition coefficient (Wildman–Crippen LogP) is 5.31. The molecule has 3 N–H and O–H groups in total. The van der Waals surface area contributed by atoms with Crippen LogP contribution in [0.3, 0.4) is 0 Å². The zero-order valence-electron chi connectivity index (χ0n) is 24.7. The second kappa shape index (κ2) is 15.6. The van der Waals surface area contributed by atoms with Crippen molar-refractivity contribution in [1.82, 2.24) is 0 Å². The van der Waals surface area contributed by atoms with Gasteiger partial charge in [-0.1, -0.05) is 67.4 Å². The number of hydrogen-bond acceptors (Lipinski definition) is 8. The molecule has 9 heteroatoms. The molecule has 1 aromatic carbocycles. The fourth-order valence-corrected chi connectivity index (χ4v) is 3.74. The standard InChI is InChI=1S/C30H47NO8/c1-9-19(5)13-26(32)38-24-12-11-23(15-25(24)39-27(33)14-20(6)10-2)17-30(31,29(35)36)16-21(7)37-28(34)22(8)18(3)4/h11-12,15,18-22H,9-10,13-14,16-17,31H2,1-8H3,(H,35,36)/t19?,20?,21-,22?,30?/m0/s1. The minimum absolute atomic E-state index is 0.0243. The first-order valence-corrected chi connectivity index (χ1v) is 13.9. The Kier molecular flexibility index (Phi) is 13.6. The smallest absolute Gasteiger partial charge is 0.324 e. The van der Waals surface area contributed by atoms with Gasteiger partial charge in [0.05, 0.1) is 5.92 Å². The Morgan fingerprint density at radius 2 is 1.38 bits per heavy atom. The van der Waals surface area contributed by atoms with Gasteiger partial charge in [-0.25, -0.2) is 0 Å². The summed E-state index contributed by atoms with van der Waals surface area (Å²) in [6, 6.07) is 4.54. The average molecular weight is 550 g/mol. The van der Waals surface area contributed by atoms with E-state index in [1.165, 1.54) is 12.1 Å². The third-order valence-corrected chi connectivity index (χ3v) is 7.17. The maximum absolute atomic E-state index is 12.6. The Labute approximate surface area is 232 Å². The van der Waals surface area contributed by atoms with Crippen molar-refractivity contribution in [2.45, 2.75) is 106 Å². The van der Waals surface area contributed by atoms with Crippen molar-refractivity contribution in [3.05, 3.63) is 23.8 Å². The third kappa shape index (κ3) is 11.4. The molecule has 9 nitrogen and oxygen atoms in total. The first-order valence-electron chi connectivity index (χ1n) is 13.9. The summed E-state index contributed by atoms with van der Waals surface area (Å²) >= 11 is 0. The van der Waals surface area contributed by atoms with E-state index in [1.807, 2.05) is 41.5 Å². The summed E-state index contributed by atoms with van der Waals surface area (Å²) in [5.41, 5.74) is 5.02. The molecule has 0 saturated heterocycles. The number of carbonyl (C=O) groups is 4. The predicted molar refractivity (Wildman–Crippen MR) is 148 cm³/mol. The second-order valence-electron chi connectivity index (χ2n) is 11.3. The van der Waals surface area contributed by atoms with Crippen molar-refractivity contribution in [2.24, 2.45) is 29.4 Å². The minimum atomic E-state index is -1.77. The minimum Gasteiger partial charge on any atom is -0.480 e. The molecule has 0 aliphatic rings. The molecule has 0 amide bonds. The highest BCUT2D eigenvalue weighted by Crippen LogP contribution is 2.32. The summed E-state index contributed by atoms with van der Waals surface area (Å²) in [4.78, 5) is 49.6. The number of benzene rings is 1. The van der Waals surface area contributed by atoms with Crippen molar-refractivity contribution in [3.8, 4) is 11.5 Å². The number of nitrogens with two attached hydrogens (primary N) is 1. The molecule has 0 aliphatic heterocycles. The molecule has 4 unspecified atom stereocenters. The molecule has 0 saturated carbocycles. The van der Waals surface area contributed by atoms with Crippen molar-refractivity contribution in [2.75, 3.05) is 0 Å². The van der Waals surface area contributed by atoms with Crippen LogP contribution in [0.2, 0.25) is 0 Å². The van der Waals surface area contributed by atoms with Crippen LogP contribution in [0.5, 0.6) is 11.5 Å². The van der Waals surface area contributed by atoms with Crippen LogP contribution < -0.4 is 15.2 Å². The molecule has 5 atom stereocenters. The van der Waals surface area contributed by atoms with Crippen molar-refractivity contribution in [1.29, 1.82) is 0 Å². The summed E-state index contributed by atoms with van der Waals surface area (Å²) < 4.78 is 16.6. The topological polar surface area (TPSA) is 142 Å². The Hall–Kier alpha value is -2.94. The van der Waals surface area contributed by atoms with E-state index in [1.54, 1.807) is 19.9 Å². The number of esters is 3. The summed E-state index contributed by atoms with van der Waals surface area (Å²) in [6.45, 7) is 15.0. The molecule has 0 radical (unpaired) electrons. The van der Waals surface area contributed by atoms with E-state index in [9.17, 15) is 24.3 Å². The molecule has 0 spiro atoms. The van der Waals surface area contributed by atoms with Gasteiger partial charge in [-0.2, -0.15) is 0 Å². The molecule has 220 valence electrons. The zero-order chi connectivity index (χ0) is 29.9. The van der Waals surface area contributed by atoms with Crippen LogP contribution in [0, 0.1) is 23.7 Å². The van der Waals surface area contributed by atoms with Crippen molar-refractivity contribution >= 4 is 23.9 Å². The summed E-state index contributed by atoms with van der Waals surface area (Å²) in [6.07, 6.45) is 0.966. The fraction of sp³-hybridized carbons (Fsp3) is 0.667. The van der Waals surface area contributed by atoms with Crippen LogP contribution in [0.15, 0.2) is 18.2 Å². The number of rotatable bonds is 16. The largest absolute Gasteiger partial charge is 0.480 e.